The van der Waals surface area contributed by atoms with E-state index in [-0.39, 0.29) is 0 Å². The van der Waals surface area contributed by atoms with Gasteiger partial charge in [0.05, 0.1) is 22.6 Å². The van der Waals surface area contributed by atoms with Gasteiger partial charge in [-0.3, -0.25) is 4.79 Å². The molecule has 0 N–H and O–H groups in total. The van der Waals surface area contributed by atoms with E-state index in [2.05, 4.69) is 9.88 Å². The van der Waals surface area contributed by atoms with Crippen molar-refractivity contribution in [1.82, 2.24) is 4.98 Å². The summed E-state index contributed by atoms with van der Waals surface area (Å²) in [5.74, 6) is 0. The van der Waals surface area contributed by atoms with Gasteiger partial charge in [-0.2, -0.15) is 0 Å². The van der Waals surface area contributed by atoms with Gasteiger partial charge in [-0.25, -0.2) is 4.98 Å². The van der Waals surface area contributed by atoms with Crippen LogP contribution in [0.15, 0.2) is 22.3 Å². The molecular weight excluding hydrogens is 228 g/mol. The van der Waals surface area contributed by atoms with E-state index in [0.29, 0.717) is 0 Å². The average Bonchev–Trinajstić information content (AvgIpc) is 2.86. The van der Waals surface area contributed by atoms with Crippen LogP contribution in [0.5, 0.6) is 0 Å². The van der Waals surface area contributed by atoms with Crippen LogP contribution in [0.4, 0.5) is 5.69 Å². The molecule has 0 bridgehead atoms. The summed E-state index contributed by atoms with van der Waals surface area (Å²) in [6.07, 6.45) is 0.880. The van der Waals surface area contributed by atoms with E-state index in [1.807, 2.05) is 29.4 Å². The number of thiophene rings is 1. The Labute approximate surface area is 96.0 Å². The molecule has 0 fully saturated rings. The monoisotopic (exact) mass is 238 g/mol. The van der Waals surface area contributed by atoms with Crippen molar-refractivity contribution in [2.75, 3.05) is 11.9 Å². The number of hydrogen-bond donors (Lipinski definition) is 0. The minimum absolute atomic E-state index is 0.759. The summed E-state index contributed by atoms with van der Waals surface area (Å²) >= 11 is 3.06. The molecule has 0 saturated carbocycles. The fourth-order valence-corrected chi connectivity index (χ4v) is 2.55. The van der Waals surface area contributed by atoms with E-state index < -0.39 is 0 Å². The van der Waals surface area contributed by atoms with Crippen molar-refractivity contribution in [3.63, 3.8) is 0 Å². The largest absolute Gasteiger partial charge is 0.368 e. The maximum absolute atomic E-state index is 10.5. The van der Waals surface area contributed by atoms with E-state index in [4.69, 9.17) is 0 Å². The first-order chi connectivity index (χ1) is 7.29. The summed E-state index contributed by atoms with van der Waals surface area (Å²) in [4.78, 5) is 17.6. The van der Waals surface area contributed by atoms with Gasteiger partial charge < -0.3 is 4.90 Å². The predicted molar refractivity (Wildman–Crippen MR) is 63.9 cm³/mol. The number of aldehydes is 1. The first-order valence-electron chi connectivity index (χ1n) is 4.41. The van der Waals surface area contributed by atoms with Gasteiger partial charge in [0.2, 0.25) is 0 Å². The number of aromatic nitrogens is 1. The Kier molecular flexibility index (Phi) is 3.13. The molecular formula is C10H10N2OS2. The van der Waals surface area contributed by atoms with Gasteiger partial charge in [-0.15, -0.1) is 22.7 Å². The number of carbonyl (C=O) groups is 1. The van der Waals surface area contributed by atoms with E-state index in [9.17, 15) is 4.79 Å². The summed E-state index contributed by atoms with van der Waals surface area (Å²) in [5.41, 5.74) is 3.95. The van der Waals surface area contributed by atoms with Crippen molar-refractivity contribution < 1.29 is 4.79 Å². The Morgan fingerprint density at radius 2 is 2.40 bits per heavy atom. The van der Waals surface area contributed by atoms with E-state index in [1.165, 1.54) is 11.3 Å². The van der Waals surface area contributed by atoms with Crippen molar-refractivity contribution in [2.24, 2.45) is 0 Å². The van der Waals surface area contributed by atoms with Gasteiger partial charge in [0.1, 0.15) is 0 Å². The Bertz CT molecular complexity index is 436. The summed E-state index contributed by atoms with van der Waals surface area (Å²) in [6, 6.07) is 1.89. The van der Waals surface area contributed by atoms with Gasteiger partial charge in [-0.1, -0.05) is 0 Å². The quantitative estimate of drug-likeness (QED) is 0.768. The zero-order valence-electron chi connectivity index (χ0n) is 8.21. The van der Waals surface area contributed by atoms with Crippen LogP contribution in [-0.4, -0.2) is 18.3 Å². The van der Waals surface area contributed by atoms with Crippen molar-refractivity contribution in [3.8, 4) is 0 Å². The van der Waals surface area contributed by atoms with Gasteiger partial charge >= 0.3 is 0 Å². The van der Waals surface area contributed by atoms with Gasteiger partial charge in [0.25, 0.3) is 0 Å². The molecule has 0 atom stereocenters. The molecule has 0 aromatic carbocycles. The summed E-state index contributed by atoms with van der Waals surface area (Å²) in [6.45, 7) is 0.776. The molecule has 3 nitrogen and oxygen atoms in total. The molecule has 0 amide bonds. The Hall–Kier alpha value is -1.20. The normalized spacial score (nSPS) is 10.2. The Morgan fingerprint density at radius 1 is 1.53 bits per heavy atom. The molecule has 2 aromatic rings. The molecule has 0 aliphatic heterocycles. The van der Waals surface area contributed by atoms with Crippen molar-refractivity contribution >= 4 is 34.6 Å². The van der Waals surface area contributed by atoms with Gasteiger partial charge in [-0.05, 0) is 6.07 Å². The molecule has 0 aliphatic carbocycles. The summed E-state index contributed by atoms with van der Waals surface area (Å²) in [5, 5.41) is 4.01. The summed E-state index contributed by atoms with van der Waals surface area (Å²) < 4.78 is 0. The third kappa shape index (κ3) is 2.43. The lowest BCUT2D eigenvalue weighted by atomic mass is 10.3. The molecule has 0 spiro atoms. The minimum atomic E-state index is 0.759. The highest BCUT2D eigenvalue weighted by atomic mass is 32.1. The molecule has 2 aromatic heterocycles. The van der Waals surface area contributed by atoms with Crippen LogP contribution in [0.1, 0.15) is 15.4 Å². The molecule has 0 unspecified atom stereocenters. The van der Waals surface area contributed by atoms with Crippen LogP contribution in [0.3, 0.4) is 0 Å². The number of hydrogen-bond acceptors (Lipinski definition) is 5. The zero-order valence-corrected chi connectivity index (χ0v) is 9.85. The molecule has 0 aliphatic rings. The zero-order chi connectivity index (χ0) is 10.7. The van der Waals surface area contributed by atoms with Gasteiger partial charge in [0, 0.05) is 23.5 Å². The lowest BCUT2D eigenvalue weighted by Crippen LogP contribution is -2.15. The molecule has 0 radical (unpaired) electrons. The average molecular weight is 238 g/mol. The number of carbonyl (C=O) groups excluding carboxylic acids is 1. The SMILES string of the molecule is CN(Cc1cscn1)c1csc(C=O)c1. The highest BCUT2D eigenvalue weighted by molar-refractivity contribution is 7.12. The van der Waals surface area contributed by atoms with Gasteiger partial charge in [0.15, 0.2) is 6.29 Å². The lowest BCUT2D eigenvalue weighted by molar-refractivity contribution is 0.112. The van der Waals surface area contributed by atoms with E-state index >= 15 is 0 Å². The second-order valence-corrected chi connectivity index (χ2v) is 4.82. The van der Waals surface area contributed by atoms with E-state index in [0.717, 1.165) is 29.1 Å². The molecule has 78 valence electrons. The topological polar surface area (TPSA) is 33.2 Å². The third-order valence-electron chi connectivity index (χ3n) is 2.05. The Morgan fingerprint density at radius 3 is 3.00 bits per heavy atom. The third-order valence-corrected chi connectivity index (χ3v) is 3.53. The maximum Gasteiger partial charge on any atom is 0.160 e. The van der Waals surface area contributed by atoms with Crippen LogP contribution in [0.2, 0.25) is 0 Å². The van der Waals surface area contributed by atoms with Crippen molar-refractivity contribution in [2.45, 2.75) is 6.54 Å². The number of anilines is 1. The lowest BCUT2D eigenvalue weighted by Gasteiger charge is -2.15. The maximum atomic E-state index is 10.5. The fourth-order valence-electron chi connectivity index (χ4n) is 1.25. The van der Waals surface area contributed by atoms with Crippen LogP contribution >= 0.6 is 22.7 Å². The molecule has 2 heterocycles. The first kappa shape index (κ1) is 10.3. The fraction of sp³-hybridized carbons (Fsp3) is 0.200. The number of thiazole rings is 1. The number of nitrogens with zero attached hydrogens (tertiary/aromatic N) is 2. The summed E-state index contributed by atoms with van der Waals surface area (Å²) in [7, 11) is 2.00. The van der Waals surface area contributed by atoms with Crippen LogP contribution in [0, 0.1) is 0 Å². The highest BCUT2D eigenvalue weighted by Crippen LogP contribution is 2.22. The van der Waals surface area contributed by atoms with Crippen molar-refractivity contribution in [3.05, 3.63) is 32.9 Å². The van der Waals surface area contributed by atoms with Crippen LogP contribution in [0.25, 0.3) is 0 Å². The van der Waals surface area contributed by atoms with Crippen LogP contribution < -0.4 is 4.90 Å². The molecule has 0 saturated heterocycles. The molecule has 2 rings (SSSR count). The Balaban J connectivity index is 2.07. The smallest absolute Gasteiger partial charge is 0.160 e. The van der Waals surface area contributed by atoms with Crippen molar-refractivity contribution in [1.29, 1.82) is 0 Å². The minimum Gasteiger partial charge on any atom is -0.368 e. The number of rotatable bonds is 4. The molecule has 15 heavy (non-hydrogen) atoms. The highest BCUT2D eigenvalue weighted by Gasteiger charge is 2.05. The van der Waals surface area contributed by atoms with E-state index in [1.54, 1.807) is 11.3 Å². The van der Waals surface area contributed by atoms with Crippen LogP contribution in [-0.2, 0) is 6.54 Å². The molecule has 5 heteroatoms. The first-order valence-corrected chi connectivity index (χ1v) is 6.24. The predicted octanol–water partition coefficient (Wildman–Crippen LogP) is 2.65. The second kappa shape index (κ2) is 4.55. The standard InChI is InChI=1S/C10H10N2OS2/c1-12(3-8-5-14-7-11-8)9-2-10(4-13)15-6-9/h2,4-7H,3H2,1H3. The second-order valence-electron chi connectivity index (χ2n) is 3.16.